The van der Waals surface area contributed by atoms with Crippen LogP contribution >= 0.6 is 0 Å². The SMILES string of the molecule is O=C1CCCCN1C(=O)c1c(O)ccc2oc3c4ccccc4oc(=O)c3c12. The first kappa shape index (κ1) is 16.6. The fourth-order valence-corrected chi connectivity index (χ4v) is 3.83. The number of phenolic OH excluding ortho intramolecular Hbond substituents is 1. The largest absolute Gasteiger partial charge is 0.507 e. The van der Waals surface area contributed by atoms with E-state index in [2.05, 4.69) is 0 Å². The van der Waals surface area contributed by atoms with Crippen molar-refractivity contribution in [1.82, 2.24) is 4.90 Å². The topological polar surface area (TPSA) is 101 Å². The fourth-order valence-electron chi connectivity index (χ4n) is 3.83. The minimum atomic E-state index is -0.669. The van der Waals surface area contributed by atoms with Crippen molar-refractivity contribution in [3.63, 3.8) is 0 Å². The second kappa shape index (κ2) is 5.95. The van der Waals surface area contributed by atoms with Gasteiger partial charge in [-0.15, -0.1) is 0 Å². The zero-order valence-electron chi connectivity index (χ0n) is 14.7. The lowest BCUT2D eigenvalue weighted by Gasteiger charge is -2.25. The highest BCUT2D eigenvalue weighted by molar-refractivity contribution is 6.22. The Hall–Kier alpha value is -3.61. The van der Waals surface area contributed by atoms with Gasteiger partial charge >= 0.3 is 5.63 Å². The number of nitrogens with zero attached hydrogens (tertiary/aromatic N) is 1. The predicted octanol–water partition coefficient (Wildman–Crippen LogP) is 3.55. The molecule has 2 aromatic heterocycles. The highest BCUT2D eigenvalue weighted by Crippen LogP contribution is 2.37. The van der Waals surface area contributed by atoms with Crippen LogP contribution in [0.25, 0.3) is 32.9 Å². The first-order valence-corrected chi connectivity index (χ1v) is 9.01. The molecule has 1 N–H and O–H groups in total. The lowest BCUT2D eigenvalue weighted by atomic mass is 10.0. The molecule has 7 heteroatoms. The standard InChI is InChI=1S/C21H15NO6/c23-12-8-9-14-17(16(12)20(25)22-10-4-3-7-15(22)24)18-19(27-14)11-5-1-2-6-13(11)28-21(18)26/h1-2,5-6,8-9,23H,3-4,7,10H2. The molecule has 1 fully saturated rings. The average Bonchev–Trinajstić information content (AvgIpc) is 3.08. The number of hydrogen-bond donors (Lipinski definition) is 1. The number of carbonyl (C=O) groups excluding carboxylic acids is 2. The highest BCUT2D eigenvalue weighted by Gasteiger charge is 2.31. The van der Waals surface area contributed by atoms with Gasteiger partial charge in [0.05, 0.1) is 16.3 Å². The molecule has 7 nitrogen and oxygen atoms in total. The van der Waals surface area contributed by atoms with Crippen LogP contribution in [0.2, 0.25) is 0 Å². The molecular formula is C21H15NO6. The van der Waals surface area contributed by atoms with E-state index in [0.29, 0.717) is 17.4 Å². The summed E-state index contributed by atoms with van der Waals surface area (Å²) in [6.07, 6.45) is 1.71. The van der Waals surface area contributed by atoms with Gasteiger partial charge in [0, 0.05) is 13.0 Å². The lowest BCUT2D eigenvalue weighted by molar-refractivity contribution is -0.130. The molecule has 28 heavy (non-hydrogen) atoms. The number of furan rings is 1. The van der Waals surface area contributed by atoms with Crippen LogP contribution in [-0.4, -0.2) is 28.4 Å². The van der Waals surface area contributed by atoms with Crippen LogP contribution in [0, 0.1) is 0 Å². The second-order valence-corrected chi connectivity index (χ2v) is 6.83. The lowest BCUT2D eigenvalue weighted by Crippen LogP contribution is -2.40. The molecule has 5 rings (SSSR count). The van der Waals surface area contributed by atoms with Gasteiger partial charge in [-0.05, 0) is 37.1 Å². The van der Waals surface area contributed by atoms with Crippen LogP contribution in [0.3, 0.4) is 0 Å². The third kappa shape index (κ3) is 2.26. The molecule has 0 unspecified atom stereocenters. The van der Waals surface area contributed by atoms with E-state index in [1.165, 1.54) is 12.1 Å². The number of amides is 2. The summed E-state index contributed by atoms with van der Waals surface area (Å²) in [4.78, 5) is 39.2. The molecule has 1 saturated heterocycles. The van der Waals surface area contributed by atoms with Gasteiger partial charge in [-0.3, -0.25) is 14.5 Å². The third-order valence-electron chi connectivity index (χ3n) is 5.16. The van der Waals surface area contributed by atoms with Crippen molar-refractivity contribution in [3.05, 3.63) is 52.4 Å². The molecule has 2 aromatic carbocycles. The molecule has 0 bridgehead atoms. The van der Waals surface area contributed by atoms with E-state index >= 15 is 0 Å². The van der Waals surface area contributed by atoms with Crippen molar-refractivity contribution in [2.24, 2.45) is 0 Å². The van der Waals surface area contributed by atoms with E-state index in [4.69, 9.17) is 8.83 Å². The summed E-state index contributed by atoms with van der Waals surface area (Å²) in [7, 11) is 0. The fraction of sp³-hybridized carbons (Fsp3) is 0.190. The Bertz CT molecular complexity index is 1350. The van der Waals surface area contributed by atoms with Gasteiger partial charge in [-0.1, -0.05) is 12.1 Å². The van der Waals surface area contributed by atoms with Gasteiger partial charge in [0.1, 0.15) is 22.3 Å². The van der Waals surface area contributed by atoms with Crippen LogP contribution in [0.5, 0.6) is 5.75 Å². The van der Waals surface area contributed by atoms with Crippen molar-refractivity contribution >= 4 is 44.7 Å². The normalized spacial score (nSPS) is 15.0. The number of fused-ring (bicyclic) bond motifs is 5. The smallest absolute Gasteiger partial charge is 0.348 e. The maximum absolute atomic E-state index is 13.1. The summed E-state index contributed by atoms with van der Waals surface area (Å²) in [6, 6.07) is 9.75. The molecule has 3 heterocycles. The molecule has 140 valence electrons. The zero-order valence-corrected chi connectivity index (χ0v) is 14.7. The van der Waals surface area contributed by atoms with Crippen LogP contribution in [0.15, 0.2) is 50.0 Å². The Labute approximate surface area is 157 Å². The van der Waals surface area contributed by atoms with Crippen LogP contribution in [0.1, 0.15) is 29.6 Å². The van der Waals surface area contributed by atoms with E-state index in [9.17, 15) is 19.5 Å². The summed E-state index contributed by atoms with van der Waals surface area (Å²) in [5.41, 5.74) is 0.129. The van der Waals surface area contributed by atoms with E-state index < -0.39 is 11.5 Å². The van der Waals surface area contributed by atoms with Crippen LogP contribution < -0.4 is 5.63 Å². The Morgan fingerprint density at radius 2 is 1.79 bits per heavy atom. The first-order valence-electron chi connectivity index (χ1n) is 9.01. The summed E-state index contributed by atoms with van der Waals surface area (Å²) in [5.74, 6) is -1.24. The Morgan fingerprint density at radius 1 is 0.964 bits per heavy atom. The van der Waals surface area contributed by atoms with E-state index in [1.807, 2.05) is 0 Å². The Balaban J connectivity index is 1.87. The van der Waals surface area contributed by atoms with Crippen LogP contribution in [-0.2, 0) is 4.79 Å². The average molecular weight is 377 g/mol. The maximum atomic E-state index is 13.1. The number of hydrogen-bond acceptors (Lipinski definition) is 6. The molecule has 0 atom stereocenters. The van der Waals surface area contributed by atoms with Crippen molar-refractivity contribution in [1.29, 1.82) is 0 Å². The van der Waals surface area contributed by atoms with Gasteiger partial charge in [0.15, 0.2) is 5.58 Å². The number of likely N-dealkylation sites (tertiary alicyclic amines) is 1. The highest BCUT2D eigenvalue weighted by atomic mass is 16.4. The van der Waals surface area contributed by atoms with Gasteiger partial charge in [-0.25, -0.2) is 4.79 Å². The van der Waals surface area contributed by atoms with E-state index in [-0.39, 0.29) is 52.1 Å². The van der Waals surface area contributed by atoms with Crippen molar-refractivity contribution in [3.8, 4) is 5.75 Å². The monoisotopic (exact) mass is 377 g/mol. The van der Waals surface area contributed by atoms with Gasteiger partial charge in [0.2, 0.25) is 5.91 Å². The number of imide groups is 1. The third-order valence-corrected chi connectivity index (χ3v) is 5.16. The maximum Gasteiger partial charge on any atom is 0.348 e. The molecular weight excluding hydrogens is 362 g/mol. The Morgan fingerprint density at radius 3 is 2.61 bits per heavy atom. The number of carbonyl (C=O) groups is 2. The summed E-state index contributed by atoms with van der Waals surface area (Å²) in [5, 5.41) is 11.3. The van der Waals surface area contributed by atoms with Gasteiger partial charge in [0.25, 0.3) is 5.91 Å². The molecule has 1 aliphatic heterocycles. The molecule has 2 amide bonds. The quantitative estimate of drug-likeness (QED) is 0.402. The first-order chi connectivity index (χ1) is 13.6. The summed E-state index contributed by atoms with van der Waals surface area (Å²) >= 11 is 0. The second-order valence-electron chi connectivity index (χ2n) is 6.83. The van der Waals surface area contributed by atoms with Crippen molar-refractivity contribution in [2.45, 2.75) is 19.3 Å². The van der Waals surface area contributed by atoms with Crippen molar-refractivity contribution in [2.75, 3.05) is 6.54 Å². The molecule has 0 radical (unpaired) electrons. The summed E-state index contributed by atoms with van der Waals surface area (Å²) < 4.78 is 11.3. The zero-order chi connectivity index (χ0) is 19.4. The van der Waals surface area contributed by atoms with Crippen LogP contribution in [0.4, 0.5) is 0 Å². The number of para-hydroxylation sites is 1. The molecule has 0 aliphatic carbocycles. The summed E-state index contributed by atoms with van der Waals surface area (Å²) in [6.45, 7) is 0.279. The Kier molecular flexibility index (Phi) is 3.52. The number of aromatic hydroxyl groups is 1. The number of piperidine rings is 1. The predicted molar refractivity (Wildman–Crippen MR) is 101 cm³/mol. The van der Waals surface area contributed by atoms with Crippen molar-refractivity contribution < 1.29 is 23.5 Å². The van der Waals surface area contributed by atoms with E-state index in [0.717, 1.165) is 11.3 Å². The molecule has 4 aromatic rings. The molecule has 0 spiro atoms. The van der Waals surface area contributed by atoms with E-state index in [1.54, 1.807) is 24.3 Å². The van der Waals surface area contributed by atoms with Gasteiger partial charge < -0.3 is 13.9 Å². The van der Waals surface area contributed by atoms with Gasteiger partial charge in [-0.2, -0.15) is 0 Å². The number of rotatable bonds is 1. The molecule has 0 saturated carbocycles. The number of benzene rings is 2. The minimum Gasteiger partial charge on any atom is -0.507 e. The number of phenols is 1. The molecule has 1 aliphatic rings. The minimum absolute atomic E-state index is 0.0809.